The molecule has 4 nitrogen and oxygen atoms in total. The van der Waals surface area contributed by atoms with Crippen LogP contribution < -0.4 is 10.1 Å². The van der Waals surface area contributed by atoms with Gasteiger partial charge in [0.05, 0.1) is 6.61 Å². The van der Waals surface area contributed by atoms with Crippen molar-refractivity contribution in [3.05, 3.63) is 12.3 Å². The first-order valence-corrected chi connectivity index (χ1v) is 6.39. The van der Waals surface area contributed by atoms with Crippen LogP contribution in [-0.2, 0) is 0 Å². The third kappa shape index (κ3) is 4.79. The third-order valence-corrected chi connectivity index (χ3v) is 2.35. The van der Waals surface area contributed by atoms with E-state index in [2.05, 4.69) is 45.1 Å². The van der Waals surface area contributed by atoms with Crippen molar-refractivity contribution in [3.63, 3.8) is 0 Å². The summed E-state index contributed by atoms with van der Waals surface area (Å²) in [5.41, 5.74) is 0. The molecule has 0 aromatic carbocycles. The summed E-state index contributed by atoms with van der Waals surface area (Å²) < 4.78 is 5.31. The molecule has 0 aliphatic heterocycles. The maximum atomic E-state index is 5.31. The van der Waals surface area contributed by atoms with Crippen LogP contribution >= 0.6 is 15.9 Å². The maximum absolute atomic E-state index is 5.31. The summed E-state index contributed by atoms with van der Waals surface area (Å²) in [5.74, 6) is 1.23. The van der Waals surface area contributed by atoms with Gasteiger partial charge in [0.2, 0.25) is 11.8 Å². The van der Waals surface area contributed by atoms with Crippen molar-refractivity contribution in [3.8, 4) is 5.88 Å². The number of hydrogen-bond acceptors (Lipinski definition) is 4. The van der Waals surface area contributed by atoms with Crippen LogP contribution in [0.4, 0.5) is 5.95 Å². The average Bonchev–Trinajstić information content (AvgIpc) is 2.17. The van der Waals surface area contributed by atoms with Gasteiger partial charge in [-0.3, -0.25) is 0 Å². The van der Waals surface area contributed by atoms with Crippen LogP contribution in [0.3, 0.4) is 0 Å². The van der Waals surface area contributed by atoms with Crippen molar-refractivity contribution in [1.29, 1.82) is 0 Å². The van der Waals surface area contributed by atoms with Crippen LogP contribution in [0.15, 0.2) is 12.3 Å². The molecule has 16 heavy (non-hydrogen) atoms. The normalized spacial score (nSPS) is 14.2. The first-order chi connectivity index (χ1) is 7.61. The first-order valence-electron chi connectivity index (χ1n) is 5.48. The number of aromatic nitrogens is 2. The van der Waals surface area contributed by atoms with Crippen LogP contribution in [0.1, 0.15) is 27.2 Å². The predicted molar refractivity (Wildman–Crippen MR) is 69.3 cm³/mol. The second kappa shape index (κ2) is 6.68. The lowest BCUT2D eigenvalue weighted by Gasteiger charge is -2.15. The second-order valence-corrected chi connectivity index (χ2v) is 5.28. The van der Waals surface area contributed by atoms with Crippen molar-refractivity contribution in [2.24, 2.45) is 0 Å². The largest absolute Gasteiger partial charge is 0.478 e. The van der Waals surface area contributed by atoms with Gasteiger partial charge in [-0.1, -0.05) is 22.9 Å². The third-order valence-electron chi connectivity index (χ3n) is 1.98. The zero-order valence-corrected chi connectivity index (χ0v) is 11.5. The van der Waals surface area contributed by atoms with Gasteiger partial charge in [-0.25, -0.2) is 4.98 Å². The number of alkyl halides is 1. The van der Waals surface area contributed by atoms with Gasteiger partial charge in [0.25, 0.3) is 0 Å². The molecule has 1 heterocycles. The topological polar surface area (TPSA) is 47.0 Å². The Bertz CT molecular complexity index is 320. The highest BCUT2D eigenvalue weighted by Crippen LogP contribution is 2.12. The second-order valence-electron chi connectivity index (χ2n) is 3.71. The lowest BCUT2D eigenvalue weighted by Crippen LogP contribution is -2.20. The fourth-order valence-corrected chi connectivity index (χ4v) is 1.97. The van der Waals surface area contributed by atoms with Gasteiger partial charge in [0.15, 0.2) is 0 Å². The maximum Gasteiger partial charge on any atom is 0.226 e. The molecule has 90 valence electrons. The smallest absolute Gasteiger partial charge is 0.226 e. The van der Waals surface area contributed by atoms with Crippen molar-refractivity contribution in [1.82, 2.24) is 9.97 Å². The molecule has 2 unspecified atom stereocenters. The minimum absolute atomic E-state index is 0.325. The highest BCUT2D eigenvalue weighted by molar-refractivity contribution is 9.09. The molecule has 2 atom stereocenters. The van der Waals surface area contributed by atoms with E-state index in [1.165, 1.54) is 0 Å². The molecule has 0 aliphatic carbocycles. The summed E-state index contributed by atoms with van der Waals surface area (Å²) in [5, 5.41) is 3.24. The van der Waals surface area contributed by atoms with E-state index in [4.69, 9.17) is 4.74 Å². The molecular formula is C11H18BrN3O. The zero-order chi connectivity index (χ0) is 12.0. The van der Waals surface area contributed by atoms with Gasteiger partial charge in [-0.15, -0.1) is 0 Å². The van der Waals surface area contributed by atoms with Gasteiger partial charge in [0, 0.05) is 23.1 Å². The van der Waals surface area contributed by atoms with Crippen LogP contribution in [0.25, 0.3) is 0 Å². The number of nitrogens with one attached hydrogen (secondary N) is 1. The summed E-state index contributed by atoms with van der Waals surface area (Å²) in [6.07, 6.45) is 2.72. The van der Waals surface area contributed by atoms with Gasteiger partial charge in [-0.05, 0) is 20.3 Å². The lowest BCUT2D eigenvalue weighted by molar-refractivity contribution is 0.326. The fourth-order valence-electron chi connectivity index (χ4n) is 1.41. The van der Waals surface area contributed by atoms with Crippen molar-refractivity contribution in [2.75, 3.05) is 11.9 Å². The SMILES string of the molecule is CCOc1ccnc(NC(C)CC(C)Br)n1. The minimum atomic E-state index is 0.325. The molecule has 0 amide bonds. The van der Waals surface area contributed by atoms with E-state index in [1.54, 1.807) is 12.3 Å². The Morgan fingerprint density at radius 1 is 1.50 bits per heavy atom. The molecule has 1 aromatic rings. The van der Waals surface area contributed by atoms with Crippen molar-refractivity contribution < 1.29 is 4.74 Å². The van der Waals surface area contributed by atoms with E-state index >= 15 is 0 Å². The average molecular weight is 288 g/mol. The fraction of sp³-hybridized carbons (Fsp3) is 0.636. The summed E-state index contributed by atoms with van der Waals surface area (Å²) in [6, 6.07) is 2.08. The van der Waals surface area contributed by atoms with E-state index in [9.17, 15) is 0 Å². The highest BCUT2D eigenvalue weighted by Gasteiger charge is 2.07. The van der Waals surface area contributed by atoms with Crippen LogP contribution in [0, 0.1) is 0 Å². The standard InChI is InChI=1S/C11H18BrN3O/c1-4-16-10-5-6-13-11(15-10)14-9(3)7-8(2)12/h5-6,8-9H,4,7H2,1-3H3,(H,13,14,15). The summed E-state index contributed by atoms with van der Waals surface area (Å²) in [6.45, 7) is 6.78. The van der Waals surface area contributed by atoms with E-state index in [-0.39, 0.29) is 0 Å². The summed E-state index contributed by atoms with van der Waals surface area (Å²) in [7, 11) is 0. The molecule has 5 heteroatoms. The van der Waals surface area contributed by atoms with Gasteiger partial charge >= 0.3 is 0 Å². The van der Waals surface area contributed by atoms with E-state index in [1.807, 2.05) is 6.92 Å². The lowest BCUT2D eigenvalue weighted by atomic mass is 10.2. The van der Waals surface area contributed by atoms with Gasteiger partial charge in [0.1, 0.15) is 0 Å². The van der Waals surface area contributed by atoms with Crippen LogP contribution in [-0.4, -0.2) is 27.4 Å². The quantitative estimate of drug-likeness (QED) is 0.818. The molecule has 1 N–H and O–H groups in total. The van der Waals surface area contributed by atoms with Crippen molar-refractivity contribution >= 4 is 21.9 Å². The summed E-state index contributed by atoms with van der Waals surface area (Å²) >= 11 is 3.52. The Morgan fingerprint density at radius 2 is 2.25 bits per heavy atom. The monoisotopic (exact) mass is 287 g/mol. The molecule has 0 spiro atoms. The van der Waals surface area contributed by atoms with Gasteiger partial charge in [-0.2, -0.15) is 4.98 Å². The number of ether oxygens (including phenoxy) is 1. The van der Waals surface area contributed by atoms with E-state index in [0.29, 0.717) is 29.3 Å². The van der Waals surface area contributed by atoms with Crippen LogP contribution in [0.2, 0.25) is 0 Å². The number of nitrogens with zero attached hydrogens (tertiary/aromatic N) is 2. The zero-order valence-electron chi connectivity index (χ0n) is 9.90. The number of halogens is 1. The van der Waals surface area contributed by atoms with Crippen molar-refractivity contribution in [2.45, 2.75) is 38.1 Å². The summed E-state index contributed by atoms with van der Waals surface area (Å²) in [4.78, 5) is 8.88. The molecule has 0 fully saturated rings. The van der Waals surface area contributed by atoms with Gasteiger partial charge < -0.3 is 10.1 Å². The molecule has 0 bridgehead atoms. The van der Waals surface area contributed by atoms with Crippen LogP contribution in [0.5, 0.6) is 5.88 Å². The highest BCUT2D eigenvalue weighted by atomic mass is 79.9. The Labute approximate surface area is 105 Å². The Kier molecular flexibility index (Phi) is 5.52. The molecular weight excluding hydrogens is 270 g/mol. The number of anilines is 1. The Balaban J connectivity index is 2.55. The molecule has 1 aromatic heterocycles. The van der Waals surface area contributed by atoms with E-state index < -0.39 is 0 Å². The first kappa shape index (κ1) is 13.2. The Morgan fingerprint density at radius 3 is 2.88 bits per heavy atom. The minimum Gasteiger partial charge on any atom is -0.478 e. The molecule has 0 aliphatic rings. The predicted octanol–water partition coefficient (Wildman–Crippen LogP) is 2.85. The molecule has 0 saturated heterocycles. The molecule has 0 saturated carbocycles. The van der Waals surface area contributed by atoms with E-state index in [0.717, 1.165) is 6.42 Å². The molecule has 0 radical (unpaired) electrons. The molecule has 1 rings (SSSR count). The number of hydrogen-bond donors (Lipinski definition) is 1. The Hall–Kier alpha value is -0.840. The number of rotatable bonds is 6.